The van der Waals surface area contributed by atoms with E-state index in [-0.39, 0.29) is 0 Å². The number of carboxylic acid groups (broad SMARTS) is 1. The highest BCUT2D eigenvalue weighted by Gasteiger charge is 2.22. The molecule has 0 aromatic heterocycles. The summed E-state index contributed by atoms with van der Waals surface area (Å²) in [6.45, 7) is 3.91. The zero-order chi connectivity index (χ0) is 16.8. The average molecular weight is 329 g/mol. The van der Waals surface area contributed by atoms with Crippen molar-refractivity contribution in [1.29, 1.82) is 0 Å². The zero-order valence-electron chi connectivity index (χ0n) is 13.7. The largest absolute Gasteiger partial charge is 0.493 e. The minimum Gasteiger partial charge on any atom is -0.493 e. The predicted octanol–water partition coefficient (Wildman–Crippen LogP) is 2.64. The fourth-order valence-electron chi connectivity index (χ4n) is 3.02. The van der Waals surface area contributed by atoms with Crippen LogP contribution in [-0.4, -0.2) is 55.4 Å². The fourth-order valence-corrected chi connectivity index (χ4v) is 3.02. The van der Waals surface area contributed by atoms with Crippen molar-refractivity contribution in [2.45, 2.75) is 6.42 Å². The third kappa shape index (κ3) is 4.24. The van der Waals surface area contributed by atoms with E-state index in [0.29, 0.717) is 32.8 Å². The van der Waals surface area contributed by atoms with Gasteiger partial charge in [-0.2, -0.15) is 0 Å². The molecule has 1 heterocycles. The van der Waals surface area contributed by atoms with E-state index in [1.165, 1.54) is 0 Å². The lowest BCUT2D eigenvalue weighted by molar-refractivity contribution is -0.143. The van der Waals surface area contributed by atoms with E-state index in [1.54, 1.807) is 0 Å². The summed E-state index contributed by atoms with van der Waals surface area (Å²) in [5.41, 5.74) is 0. The second kappa shape index (κ2) is 8.13. The van der Waals surface area contributed by atoms with Crippen LogP contribution in [0.5, 0.6) is 5.75 Å². The molecule has 0 spiro atoms. The molecule has 128 valence electrons. The Bertz CT molecular complexity index is 677. The molecule has 5 nitrogen and oxygen atoms in total. The SMILES string of the molecule is O=C(O)C(CCOc1cccc2ccccc12)CN1CCOCC1. The molecule has 1 aliphatic rings. The lowest BCUT2D eigenvalue weighted by Gasteiger charge is -2.29. The molecular formula is C19H23NO4. The molecule has 0 aliphatic carbocycles. The van der Waals surface area contributed by atoms with Gasteiger partial charge in [0, 0.05) is 25.0 Å². The van der Waals surface area contributed by atoms with Crippen LogP contribution in [0.3, 0.4) is 0 Å². The van der Waals surface area contributed by atoms with Gasteiger partial charge in [0.05, 0.1) is 25.7 Å². The molecule has 1 N–H and O–H groups in total. The van der Waals surface area contributed by atoms with Crippen LogP contribution in [0.2, 0.25) is 0 Å². The number of hydrogen-bond donors (Lipinski definition) is 1. The molecule has 1 unspecified atom stereocenters. The molecule has 5 heteroatoms. The third-order valence-electron chi connectivity index (χ3n) is 4.41. The lowest BCUT2D eigenvalue weighted by atomic mass is 10.1. The molecule has 1 saturated heterocycles. The number of rotatable bonds is 7. The molecule has 3 rings (SSSR count). The number of ether oxygens (including phenoxy) is 2. The van der Waals surface area contributed by atoms with Gasteiger partial charge < -0.3 is 14.6 Å². The topological polar surface area (TPSA) is 59.0 Å². The summed E-state index contributed by atoms with van der Waals surface area (Å²) >= 11 is 0. The lowest BCUT2D eigenvalue weighted by Crippen LogP contribution is -2.41. The molecule has 0 saturated carbocycles. The van der Waals surface area contributed by atoms with E-state index >= 15 is 0 Å². The molecular weight excluding hydrogens is 306 g/mol. The molecule has 1 fully saturated rings. The zero-order valence-corrected chi connectivity index (χ0v) is 13.7. The van der Waals surface area contributed by atoms with Gasteiger partial charge in [-0.3, -0.25) is 9.69 Å². The third-order valence-corrected chi connectivity index (χ3v) is 4.41. The highest BCUT2D eigenvalue weighted by atomic mass is 16.5. The smallest absolute Gasteiger partial charge is 0.307 e. The summed E-state index contributed by atoms with van der Waals surface area (Å²) in [5.74, 6) is -0.371. The van der Waals surface area contributed by atoms with Crippen molar-refractivity contribution in [3.05, 3.63) is 42.5 Å². The number of morpholine rings is 1. The predicted molar refractivity (Wildman–Crippen MR) is 92.4 cm³/mol. The van der Waals surface area contributed by atoms with Gasteiger partial charge in [-0.1, -0.05) is 36.4 Å². The Hall–Kier alpha value is -2.11. The summed E-state index contributed by atoms with van der Waals surface area (Å²) in [7, 11) is 0. The molecule has 1 atom stereocenters. The average Bonchev–Trinajstić information content (AvgIpc) is 2.62. The van der Waals surface area contributed by atoms with Crippen LogP contribution < -0.4 is 4.74 Å². The summed E-state index contributed by atoms with van der Waals surface area (Å²) in [6, 6.07) is 14.0. The first kappa shape index (κ1) is 16.7. The number of fused-ring (bicyclic) bond motifs is 1. The Kier molecular flexibility index (Phi) is 5.67. The standard InChI is InChI=1S/C19H23NO4/c21-19(22)16(14-20-9-12-23-13-10-20)8-11-24-18-7-3-5-15-4-1-2-6-17(15)18/h1-7,16H,8-14H2,(H,21,22). The number of nitrogens with zero attached hydrogens (tertiary/aromatic N) is 1. The molecule has 0 radical (unpaired) electrons. The first-order chi connectivity index (χ1) is 11.7. The van der Waals surface area contributed by atoms with Gasteiger partial charge in [-0.05, 0) is 17.9 Å². The van der Waals surface area contributed by atoms with E-state index in [1.807, 2.05) is 42.5 Å². The van der Waals surface area contributed by atoms with E-state index in [9.17, 15) is 9.90 Å². The van der Waals surface area contributed by atoms with Crippen LogP contribution in [0.25, 0.3) is 10.8 Å². The molecule has 24 heavy (non-hydrogen) atoms. The van der Waals surface area contributed by atoms with Crippen LogP contribution in [0.4, 0.5) is 0 Å². The van der Waals surface area contributed by atoms with Crippen molar-refractivity contribution in [3.8, 4) is 5.75 Å². The quantitative estimate of drug-likeness (QED) is 0.846. The van der Waals surface area contributed by atoms with E-state index in [0.717, 1.165) is 29.6 Å². The van der Waals surface area contributed by atoms with Crippen LogP contribution in [0.1, 0.15) is 6.42 Å². The van der Waals surface area contributed by atoms with Gasteiger partial charge in [0.1, 0.15) is 5.75 Å². The molecule has 2 aromatic rings. The maximum Gasteiger partial charge on any atom is 0.307 e. The van der Waals surface area contributed by atoms with Crippen LogP contribution in [-0.2, 0) is 9.53 Å². The second-order valence-electron chi connectivity index (χ2n) is 6.06. The van der Waals surface area contributed by atoms with Gasteiger partial charge in [0.15, 0.2) is 0 Å². The van der Waals surface area contributed by atoms with Crippen molar-refractivity contribution >= 4 is 16.7 Å². The monoisotopic (exact) mass is 329 g/mol. The van der Waals surface area contributed by atoms with Crippen molar-refractivity contribution in [1.82, 2.24) is 4.90 Å². The fraction of sp³-hybridized carbons (Fsp3) is 0.421. The Balaban J connectivity index is 1.57. The number of aliphatic carboxylic acids is 1. The highest BCUT2D eigenvalue weighted by Crippen LogP contribution is 2.25. The van der Waals surface area contributed by atoms with E-state index in [4.69, 9.17) is 9.47 Å². The molecule has 0 bridgehead atoms. The first-order valence-electron chi connectivity index (χ1n) is 8.37. The Morgan fingerprint density at radius 1 is 1.17 bits per heavy atom. The van der Waals surface area contributed by atoms with Crippen LogP contribution in [0, 0.1) is 5.92 Å². The van der Waals surface area contributed by atoms with Gasteiger partial charge in [0.2, 0.25) is 0 Å². The van der Waals surface area contributed by atoms with E-state index < -0.39 is 11.9 Å². The summed E-state index contributed by atoms with van der Waals surface area (Å²) in [6.07, 6.45) is 0.496. The number of carboxylic acids is 1. The number of hydrogen-bond acceptors (Lipinski definition) is 4. The maximum atomic E-state index is 11.5. The van der Waals surface area contributed by atoms with Gasteiger partial charge >= 0.3 is 5.97 Å². The van der Waals surface area contributed by atoms with Crippen molar-refractivity contribution < 1.29 is 19.4 Å². The summed E-state index contributed by atoms with van der Waals surface area (Å²) in [5, 5.41) is 11.6. The summed E-state index contributed by atoms with van der Waals surface area (Å²) < 4.78 is 11.2. The number of carbonyl (C=O) groups is 1. The first-order valence-corrected chi connectivity index (χ1v) is 8.37. The van der Waals surface area contributed by atoms with Gasteiger partial charge in [-0.25, -0.2) is 0 Å². The highest BCUT2D eigenvalue weighted by molar-refractivity contribution is 5.88. The normalized spacial score (nSPS) is 16.8. The van der Waals surface area contributed by atoms with Crippen LogP contribution in [0.15, 0.2) is 42.5 Å². The second-order valence-corrected chi connectivity index (χ2v) is 6.06. The Morgan fingerprint density at radius 2 is 1.92 bits per heavy atom. The Labute approximate surface area is 141 Å². The minimum atomic E-state index is -0.761. The minimum absolute atomic E-state index is 0.398. The van der Waals surface area contributed by atoms with Crippen LogP contribution >= 0.6 is 0 Å². The maximum absolute atomic E-state index is 11.5. The summed E-state index contributed by atoms with van der Waals surface area (Å²) in [4.78, 5) is 13.7. The van der Waals surface area contributed by atoms with Crippen molar-refractivity contribution in [2.24, 2.45) is 5.92 Å². The van der Waals surface area contributed by atoms with Crippen molar-refractivity contribution in [2.75, 3.05) is 39.5 Å². The molecule has 0 amide bonds. The van der Waals surface area contributed by atoms with Crippen molar-refractivity contribution in [3.63, 3.8) is 0 Å². The number of benzene rings is 2. The van der Waals surface area contributed by atoms with Gasteiger partial charge in [0.25, 0.3) is 0 Å². The van der Waals surface area contributed by atoms with Gasteiger partial charge in [-0.15, -0.1) is 0 Å². The van der Waals surface area contributed by atoms with E-state index in [2.05, 4.69) is 4.90 Å². The molecule has 2 aromatic carbocycles. The molecule has 1 aliphatic heterocycles. The Morgan fingerprint density at radius 3 is 2.71 bits per heavy atom.